The molecule has 0 spiro atoms. The van der Waals surface area contributed by atoms with Gasteiger partial charge in [-0.3, -0.25) is 14.5 Å². The highest BCUT2D eigenvalue weighted by molar-refractivity contribution is 7.91. The molecule has 0 atom stereocenters. The Morgan fingerprint density at radius 2 is 1.78 bits per heavy atom. The fourth-order valence-electron chi connectivity index (χ4n) is 2.43. The molecule has 2 rings (SSSR count). The minimum absolute atomic E-state index is 0.0129. The van der Waals surface area contributed by atoms with E-state index in [9.17, 15) is 18.0 Å². The molecule has 1 aliphatic heterocycles. The molecule has 0 aliphatic carbocycles. The zero-order chi connectivity index (χ0) is 20.0. The van der Waals surface area contributed by atoms with E-state index in [0.717, 1.165) is 0 Å². The van der Waals surface area contributed by atoms with Gasteiger partial charge in [0.25, 0.3) is 5.91 Å². The van der Waals surface area contributed by atoms with E-state index in [-0.39, 0.29) is 31.1 Å². The van der Waals surface area contributed by atoms with E-state index in [1.54, 1.807) is 4.90 Å². The van der Waals surface area contributed by atoms with Crippen LogP contribution in [0, 0.1) is 0 Å². The number of sulfone groups is 1. The van der Waals surface area contributed by atoms with E-state index in [1.807, 2.05) is 0 Å². The number of nitrogens with one attached hydrogen (secondary N) is 1. The van der Waals surface area contributed by atoms with Crippen molar-refractivity contribution in [1.29, 1.82) is 0 Å². The lowest BCUT2D eigenvalue weighted by Crippen LogP contribution is -2.43. The highest BCUT2D eigenvalue weighted by atomic mass is 35.5. The van der Waals surface area contributed by atoms with Gasteiger partial charge in [-0.15, -0.1) is 0 Å². The molecule has 0 unspecified atom stereocenters. The largest absolute Gasteiger partial charge is 0.495 e. The van der Waals surface area contributed by atoms with Crippen LogP contribution in [0.4, 0.5) is 5.69 Å². The lowest BCUT2D eigenvalue weighted by atomic mass is 10.2. The quantitative estimate of drug-likeness (QED) is 0.637. The molecule has 27 heavy (non-hydrogen) atoms. The number of anilines is 1. The number of methoxy groups -OCH3 is 2. The Hall–Kier alpha value is -2.04. The van der Waals surface area contributed by atoms with E-state index in [4.69, 9.17) is 25.8 Å². The van der Waals surface area contributed by atoms with E-state index < -0.39 is 28.3 Å². The van der Waals surface area contributed by atoms with Crippen LogP contribution in [-0.4, -0.2) is 77.2 Å². The van der Waals surface area contributed by atoms with Gasteiger partial charge in [0.05, 0.1) is 43.0 Å². The summed E-state index contributed by atoms with van der Waals surface area (Å²) in [5.41, 5.74) is 0.320. The SMILES string of the molecule is COc1cc(NC(=O)COC(=O)CN2CCS(=O)(=O)CC2)c(OC)cc1Cl. The number of hydrogen-bond acceptors (Lipinski definition) is 8. The zero-order valence-corrected chi connectivity index (χ0v) is 16.6. The summed E-state index contributed by atoms with van der Waals surface area (Å²) in [5.74, 6) is -0.463. The topological polar surface area (TPSA) is 111 Å². The normalized spacial score (nSPS) is 16.4. The molecule has 9 nitrogen and oxygen atoms in total. The number of carbonyl (C=O) groups excluding carboxylic acids is 2. The molecule has 0 bridgehead atoms. The molecule has 0 saturated carbocycles. The van der Waals surface area contributed by atoms with Gasteiger partial charge >= 0.3 is 5.97 Å². The number of nitrogens with zero attached hydrogens (tertiary/aromatic N) is 1. The maximum atomic E-state index is 12.0. The molecular formula is C16H21ClN2O7S. The van der Waals surface area contributed by atoms with E-state index >= 15 is 0 Å². The summed E-state index contributed by atoms with van der Waals surface area (Å²) >= 11 is 6.00. The van der Waals surface area contributed by atoms with Crippen LogP contribution >= 0.6 is 11.6 Å². The second-order valence-electron chi connectivity index (χ2n) is 5.82. The number of rotatable bonds is 7. The fraction of sp³-hybridized carbons (Fsp3) is 0.500. The summed E-state index contributed by atoms with van der Waals surface area (Å²) in [7, 11) is -0.156. The molecule has 1 saturated heterocycles. The molecule has 1 aliphatic rings. The van der Waals surface area contributed by atoms with Crippen LogP contribution in [-0.2, 0) is 24.2 Å². The van der Waals surface area contributed by atoms with E-state index in [1.165, 1.54) is 26.4 Å². The second kappa shape index (κ2) is 9.25. The molecule has 1 aromatic carbocycles. The van der Waals surface area contributed by atoms with Crippen LogP contribution in [0.3, 0.4) is 0 Å². The third-order valence-electron chi connectivity index (χ3n) is 3.90. The first-order chi connectivity index (χ1) is 12.7. The van der Waals surface area contributed by atoms with E-state index in [0.29, 0.717) is 22.2 Å². The first-order valence-electron chi connectivity index (χ1n) is 8.04. The van der Waals surface area contributed by atoms with Crippen molar-refractivity contribution < 1.29 is 32.2 Å². The highest BCUT2D eigenvalue weighted by Gasteiger charge is 2.23. The summed E-state index contributed by atoms with van der Waals surface area (Å²) in [4.78, 5) is 25.6. The average molecular weight is 421 g/mol. The number of halogens is 1. The standard InChI is InChI=1S/C16H21ClN2O7S/c1-24-13-8-12(14(25-2)7-11(13)17)18-15(20)10-26-16(21)9-19-3-5-27(22,23)6-4-19/h7-8H,3-6,9-10H2,1-2H3,(H,18,20). The molecule has 1 N–H and O–H groups in total. The summed E-state index contributed by atoms with van der Waals surface area (Å²) in [6, 6.07) is 2.99. The van der Waals surface area contributed by atoms with E-state index in [2.05, 4.69) is 5.32 Å². The minimum Gasteiger partial charge on any atom is -0.495 e. The number of carbonyl (C=O) groups is 2. The van der Waals surface area contributed by atoms with Gasteiger partial charge in [-0.25, -0.2) is 8.42 Å². The van der Waals surface area contributed by atoms with Gasteiger partial charge < -0.3 is 19.5 Å². The van der Waals surface area contributed by atoms with Crippen molar-refractivity contribution in [3.63, 3.8) is 0 Å². The van der Waals surface area contributed by atoms with Crippen molar-refractivity contribution >= 4 is 39.0 Å². The number of ether oxygens (including phenoxy) is 3. The van der Waals surface area contributed by atoms with Crippen LogP contribution < -0.4 is 14.8 Å². The van der Waals surface area contributed by atoms with Crippen molar-refractivity contribution in [3.8, 4) is 11.5 Å². The predicted octanol–water partition coefficient (Wildman–Crippen LogP) is 0.569. The number of esters is 1. The molecule has 11 heteroatoms. The Morgan fingerprint density at radius 3 is 2.37 bits per heavy atom. The molecule has 1 aromatic rings. The molecule has 1 fully saturated rings. The molecule has 0 radical (unpaired) electrons. The number of benzene rings is 1. The molecule has 1 heterocycles. The maximum Gasteiger partial charge on any atom is 0.320 e. The maximum absolute atomic E-state index is 12.0. The first kappa shape index (κ1) is 21.3. The van der Waals surface area contributed by atoms with Gasteiger partial charge in [0.15, 0.2) is 16.4 Å². The monoisotopic (exact) mass is 420 g/mol. The summed E-state index contributed by atoms with van der Waals surface area (Å²) in [6.07, 6.45) is 0. The van der Waals surface area contributed by atoms with Crippen molar-refractivity contribution in [3.05, 3.63) is 17.2 Å². The summed E-state index contributed by atoms with van der Waals surface area (Å²) in [6.45, 7) is -0.0171. The third kappa shape index (κ3) is 6.26. The van der Waals surface area contributed by atoms with Gasteiger partial charge in [-0.1, -0.05) is 11.6 Å². The van der Waals surface area contributed by atoms with Crippen molar-refractivity contribution in [2.45, 2.75) is 0 Å². The Kier molecular flexibility index (Phi) is 7.28. The highest BCUT2D eigenvalue weighted by Crippen LogP contribution is 2.35. The van der Waals surface area contributed by atoms with Crippen LogP contribution in [0.2, 0.25) is 5.02 Å². The first-order valence-corrected chi connectivity index (χ1v) is 10.2. The zero-order valence-electron chi connectivity index (χ0n) is 15.0. The van der Waals surface area contributed by atoms with Crippen LogP contribution in [0.1, 0.15) is 0 Å². The van der Waals surface area contributed by atoms with Gasteiger partial charge in [0.1, 0.15) is 11.5 Å². The van der Waals surface area contributed by atoms with Gasteiger partial charge in [-0.05, 0) is 0 Å². The Morgan fingerprint density at radius 1 is 1.15 bits per heavy atom. The average Bonchev–Trinajstić information content (AvgIpc) is 2.63. The molecular weight excluding hydrogens is 400 g/mol. The van der Waals surface area contributed by atoms with Crippen LogP contribution in [0.15, 0.2) is 12.1 Å². The van der Waals surface area contributed by atoms with Crippen LogP contribution in [0.5, 0.6) is 11.5 Å². The molecule has 0 aromatic heterocycles. The predicted molar refractivity (Wildman–Crippen MR) is 99.2 cm³/mol. The molecule has 1 amide bonds. The Labute approximate surface area is 162 Å². The fourth-order valence-corrected chi connectivity index (χ4v) is 3.93. The van der Waals surface area contributed by atoms with Gasteiger partial charge in [0, 0.05) is 25.2 Å². The van der Waals surface area contributed by atoms with Crippen LogP contribution in [0.25, 0.3) is 0 Å². The summed E-state index contributed by atoms with van der Waals surface area (Å²) in [5, 5.41) is 2.88. The second-order valence-corrected chi connectivity index (χ2v) is 8.53. The smallest absolute Gasteiger partial charge is 0.320 e. The third-order valence-corrected chi connectivity index (χ3v) is 5.81. The van der Waals surface area contributed by atoms with Gasteiger partial charge in [-0.2, -0.15) is 0 Å². The number of hydrogen-bond donors (Lipinski definition) is 1. The minimum atomic E-state index is -3.02. The lowest BCUT2D eigenvalue weighted by Gasteiger charge is -2.25. The number of amides is 1. The Bertz CT molecular complexity index is 799. The van der Waals surface area contributed by atoms with Crippen molar-refractivity contribution in [2.24, 2.45) is 0 Å². The summed E-state index contributed by atoms with van der Waals surface area (Å²) < 4.78 is 37.9. The molecule has 150 valence electrons. The lowest BCUT2D eigenvalue weighted by molar-refractivity contribution is -0.148. The van der Waals surface area contributed by atoms with Gasteiger partial charge in [0.2, 0.25) is 0 Å². The van der Waals surface area contributed by atoms with Crippen molar-refractivity contribution in [1.82, 2.24) is 4.90 Å². The van der Waals surface area contributed by atoms with Crippen molar-refractivity contribution in [2.75, 3.05) is 57.3 Å². The Balaban J connectivity index is 1.85.